The SMILES string of the molecule is COc1cccc(-n2nnnc2SCC(=O)Nc2ccc(C(=O)[O-])cc2)c1. The van der Waals surface area contributed by atoms with E-state index in [1.165, 1.54) is 40.7 Å². The van der Waals surface area contributed by atoms with Gasteiger partial charge in [0, 0.05) is 11.8 Å². The standard InChI is InChI=1S/C17H15N5O4S/c1-26-14-4-2-3-13(9-14)22-17(19-20-21-22)27-10-15(23)18-12-7-5-11(6-8-12)16(24)25/h2-9H,10H2,1H3,(H,18,23)(H,24,25)/p-1. The third kappa shape index (κ3) is 4.61. The van der Waals surface area contributed by atoms with Crippen molar-refractivity contribution in [3.63, 3.8) is 0 Å². The van der Waals surface area contributed by atoms with Crippen molar-refractivity contribution in [3.8, 4) is 11.4 Å². The van der Waals surface area contributed by atoms with Crippen molar-refractivity contribution in [1.82, 2.24) is 20.2 Å². The van der Waals surface area contributed by atoms with Gasteiger partial charge in [-0.25, -0.2) is 0 Å². The molecule has 0 saturated carbocycles. The molecule has 0 bridgehead atoms. The molecule has 0 fully saturated rings. The van der Waals surface area contributed by atoms with Gasteiger partial charge in [0.25, 0.3) is 0 Å². The Morgan fingerprint density at radius 1 is 1.22 bits per heavy atom. The molecule has 3 rings (SSSR count). The van der Waals surface area contributed by atoms with E-state index in [0.29, 0.717) is 22.3 Å². The Morgan fingerprint density at radius 2 is 2.00 bits per heavy atom. The Hall–Kier alpha value is -3.40. The minimum absolute atomic E-state index is 0.0415. The van der Waals surface area contributed by atoms with Gasteiger partial charge in [0.05, 0.1) is 24.5 Å². The van der Waals surface area contributed by atoms with Crippen molar-refractivity contribution in [2.24, 2.45) is 0 Å². The average molecular weight is 384 g/mol. The molecule has 138 valence electrons. The summed E-state index contributed by atoms with van der Waals surface area (Å²) < 4.78 is 6.70. The highest BCUT2D eigenvalue weighted by Crippen LogP contribution is 2.21. The van der Waals surface area contributed by atoms with Crippen LogP contribution >= 0.6 is 11.8 Å². The highest BCUT2D eigenvalue weighted by Gasteiger charge is 2.12. The third-order valence-corrected chi connectivity index (χ3v) is 4.39. The van der Waals surface area contributed by atoms with Gasteiger partial charge in [0.2, 0.25) is 11.1 Å². The number of ether oxygens (including phenoxy) is 1. The summed E-state index contributed by atoms with van der Waals surface area (Å²) in [5.41, 5.74) is 1.23. The number of carbonyl (C=O) groups excluding carboxylic acids is 2. The second-order valence-electron chi connectivity index (χ2n) is 5.28. The van der Waals surface area contributed by atoms with Crippen LogP contribution in [-0.2, 0) is 4.79 Å². The van der Waals surface area contributed by atoms with Gasteiger partial charge >= 0.3 is 0 Å². The van der Waals surface area contributed by atoms with E-state index in [0.717, 1.165) is 0 Å². The normalized spacial score (nSPS) is 10.4. The van der Waals surface area contributed by atoms with Crippen LogP contribution in [0.4, 0.5) is 5.69 Å². The molecule has 0 saturated heterocycles. The molecule has 0 aliphatic heterocycles. The topological polar surface area (TPSA) is 122 Å². The van der Waals surface area contributed by atoms with Crippen LogP contribution < -0.4 is 15.2 Å². The van der Waals surface area contributed by atoms with Crippen molar-refractivity contribution in [3.05, 3.63) is 54.1 Å². The van der Waals surface area contributed by atoms with E-state index in [-0.39, 0.29) is 17.2 Å². The van der Waals surface area contributed by atoms with Crippen LogP contribution in [0.1, 0.15) is 10.4 Å². The van der Waals surface area contributed by atoms with Crippen molar-refractivity contribution >= 4 is 29.3 Å². The smallest absolute Gasteiger partial charge is 0.234 e. The van der Waals surface area contributed by atoms with E-state index < -0.39 is 5.97 Å². The molecule has 0 aliphatic carbocycles. The second kappa shape index (κ2) is 8.32. The van der Waals surface area contributed by atoms with Crippen LogP contribution in [0.2, 0.25) is 0 Å². The number of nitrogens with zero attached hydrogens (tertiary/aromatic N) is 4. The predicted molar refractivity (Wildman–Crippen MR) is 95.8 cm³/mol. The van der Waals surface area contributed by atoms with E-state index >= 15 is 0 Å². The maximum atomic E-state index is 12.1. The number of tetrazole rings is 1. The highest BCUT2D eigenvalue weighted by atomic mass is 32.2. The number of hydrogen-bond acceptors (Lipinski definition) is 8. The summed E-state index contributed by atoms with van der Waals surface area (Å²) in [6, 6.07) is 12.9. The number of thioether (sulfide) groups is 1. The Balaban J connectivity index is 1.62. The van der Waals surface area contributed by atoms with Gasteiger partial charge in [0.1, 0.15) is 5.75 Å². The molecule has 1 amide bonds. The van der Waals surface area contributed by atoms with Crippen LogP contribution in [0.5, 0.6) is 5.75 Å². The van der Waals surface area contributed by atoms with Crippen LogP contribution in [0, 0.1) is 0 Å². The van der Waals surface area contributed by atoms with E-state index in [4.69, 9.17) is 4.74 Å². The number of anilines is 1. The molecule has 0 spiro atoms. The maximum absolute atomic E-state index is 12.1. The lowest BCUT2D eigenvalue weighted by molar-refractivity contribution is -0.255. The number of carboxylic acids is 1. The van der Waals surface area contributed by atoms with E-state index in [2.05, 4.69) is 20.8 Å². The van der Waals surface area contributed by atoms with E-state index in [9.17, 15) is 14.7 Å². The molecular weight excluding hydrogens is 370 g/mol. The Kier molecular flexibility index (Phi) is 5.67. The molecule has 0 radical (unpaired) electrons. The fraction of sp³-hybridized carbons (Fsp3) is 0.118. The Bertz CT molecular complexity index is 958. The van der Waals surface area contributed by atoms with Gasteiger partial charge in [0.15, 0.2) is 0 Å². The lowest BCUT2D eigenvalue weighted by Gasteiger charge is -2.08. The zero-order valence-corrected chi connectivity index (χ0v) is 15.0. The van der Waals surface area contributed by atoms with Gasteiger partial charge in [-0.2, -0.15) is 4.68 Å². The van der Waals surface area contributed by atoms with Gasteiger partial charge in [-0.05, 0) is 40.3 Å². The first-order chi connectivity index (χ1) is 13.1. The number of methoxy groups -OCH3 is 1. The second-order valence-corrected chi connectivity index (χ2v) is 6.22. The van der Waals surface area contributed by atoms with Crippen molar-refractivity contribution in [2.45, 2.75) is 5.16 Å². The molecule has 27 heavy (non-hydrogen) atoms. The average Bonchev–Trinajstić information content (AvgIpc) is 3.15. The number of aromatic nitrogens is 4. The number of rotatable bonds is 7. The lowest BCUT2D eigenvalue weighted by Crippen LogP contribution is -2.22. The van der Waals surface area contributed by atoms with Gasteiger partial charge < -0.3 is 20.0 Å². The first-order valence-electron chi connectivity index (χ1n) is 7.73. The number of carbonyl (C=O) groups is 2. The summed E-state index contributed by atoms with van der Waals surface area (Å²) >= 11 is 1.17. The van der Waals surface area contributed by atoms with E-state index in [1.807, 2.05) is 12.1 Å². The Labute approximate surface area is 158 Å². The molecule has 9 nitrogen and oxygen atoms in total. The van der Waals surface area contributed by atoms with Crippen LogP contribution in [0.25, 0.3) is 5.69 Å². The first-order valence-corrected chi connectivity index (χ1v) is 8.72. The number of carboxylic acid groups (broad SMARTS) is 1. The van der Waals surface area contributed by atoms with E-state index in [1.54, 1.807) is 19.2 Å². The van der Waals surface area contributed by atoms with Gasteiger partial charge in [-0.3, -0.25) is 4.79 Å². The largest absolute Gasteiger partial charge is 0.545 e. The summed E-state index contributed by atoms with van der Waals surface area (Å²) in [5.74, 6) is -0.807. The molecule has 1 heterocycles. The monoisotopic (exact) mass is 384 g/mol. The van der Waals surface area contributed by atoms with Crippen molar-refractivity contribution in [2.75, 3.05) is 18.2 Å². The highest BCUT2D eigenvalue weighted by molar-refractivity contribution is 7.99. The summed E-state index contributed by atoms with van der Waals surface area (Å²) in [4.78, 5) is 22.8. The molecule has 3 aromatic rings. The lowest BCUT2D eigenvalue weighted by atomic mass is 10.2. The molecular formula is C17H14N5O4S-. The first kappa shape index (κ1) is 18.4. The molecule has 2 aromatic carbocycles. The number of benzene rings is 2. The number of amides is 1. The minimum atomic E-state index is -1.27. The molecule has 0 aliphatic rings. The number of aromatic carboxylic acids is 1. The zero-order valence-electron chi connectivity index (χ0n) is 14.2. The molecule has 0 atom stereocenters. The fourth-order valence-corrected chi connectivity index (χ4v) is 2.88. The molecule has 10 heteroatoms. The Morgan fingerprint density at radius 3 is 2.70 bits per heavy atom. The summed E-state index contributed by atoms with van der Waals surface area (Å²) in [5, 5.41) is 25.4. The van der Waals surface area contributed by atoms with Gasteiger partial charge in [-0.1, -0.05) is 30.0 Å². The molecule has 1 aromatic heterocycles. The maximum Gasteiger partial charge on any atom is 0.234 e. The van der Waals surface area contributed by atoms with Crippen LogP contribution in [-0.4, -0.2) is 44.9 Å². The molecule has 0 unspecified atom stereocenters. The zero-order chi connectivity index (χ0) is 19.2. The van der Waals surface area contributed by atoms with Crippen LogP contribution in [0.15, 0.2) is 53.7 Å². The quantitative estimate of drug-likeness (QED) is 0.593. The summed E-state index contributed by atoms with van der Waals surface area (Å²) in [6.45, 7) is 0. The minimum Gasteiger partial charge on any atom is -0.545 e. The van der Waals surface area contributed by atoms with Crippen molar-refractivity contribution < 1.29 is 19.4 Å². The molecule has 1 N–H and O–H groups in total. The summed E-state index contributed by atoms with van der Waals surface area (Å²) in [6.07, 6.45) is 0. The third-order valence-electron chi connectivity index (χ3n) is 3.48. The number of nitrogens with one attached hydrogen (secondary N) is 1. The summed E-state index contributed by atoms with van der Waals surface area (Å²) in [7, 11) is 1.57. The number of hydrogen-bond donors (Lipinski definition) is 1. The predicted octanol–water partition coefficient (Wildman–Crippen LogP) is 0.765. The van der Waals surface area contributed by atoms with Crippen LogP contribution in [0.3, 0.4) is 0 Å². The van der Waals surface area contributed by atoms with Crippen molar-refractivity contribution in [1.29, 1.82) is 0 Å². The van der Waals surface area contributed by atoms with Gasteiger partial charge in [-0.15, -0.1) is 5.10 Å². The fourth-order valence-electron chi connectivity index (χ4n) is 2.19.